The molecule has 2 heterocycles. The van der Waals surface area contributed by atoms with E-state index in [0.29, 0.717) is 5.54 Å². The molecule has 1 aliphatic carbocycles. The van der Waals surface area contributed by atoms with Crippen LogP contribution in [0.5, 0.6) is 0 Å². The molecule has 4 nitrogen and oxygen atoms in total. The van der Waals surface area contributed by atoms with Crippen molar-refractivity contribution in [3.63, 3.8) is 0 Å². The molecule has 1 aromatic rings. The highest BCUT2D eigenvalue weighted by Crippen LogP contribution is 2.40. The van der Waals surface area contributed by atoms with E-state index in [1.807, 2.05) is 6.07 Å². The molecule has 88 valence electrons. The monoisotopic (exact) mass is 221 g/mol. The molecule has 0 bridgehead atoms. The summed E-state index contributed by atoms with van der Waals surface area (Å²) in [5, 5.41) is 7.66. The summed E-state index contributed by atoms with van der Waals surface area (Å²) >= 11 is 0. The van der Waals surface area contributed by atoms with Crippen molar-refractivity contribution in [2.75, 3.05) is 19.6 Å². The summed E-state index contributed by atoms with van der Waals surface area (Å²) in [6, 6.07) is 1.95. The van der Waals surface area contributed by atoms with Gasteiger partial charge in [-0.05, 0) is 25.7 Å². The third kappa shape index (κ3) is 1.99. The number of piperazine rings is 1. The van der Waals surface area contributed by atoms with Gasteiger partial charge in [-0.1, -0.05) is 5.16 Å². The first-order valence-corrected chi connectivity index (χ1v) is 6.13. The Morgan fingerprint density at radius 3 is 3.19 bits per heavy atom. The maximum atomic E-state index is 4.88. The van der Waals surface area contributed by atoms with Crippen LogP contribution in [-0.4, -0.2) is 35.2 Å². The molecule has 1 atom stereocenters. The van der Waals surface area contributed by atoms with Crippen LogP contribution in [0.1, 0.15) is 25.5 Å². The van der Waals surface area contributed by atoms with Crippen molar-refractivity contribution in [1.82, 2.24) is 15.4 Å². The minimum Gasteiger partial charge on any atom is -0.364 e. The quantitative estimate of drug-likeness (QED) is 0.834. The molecule has 1 aromatic heterocycles. The predicted octanol–water partition coefficient (Wildman–Crippen LogP) is 1.25. The number of hydrogen-bond acceptors (Lipinski definition) is 4. The van der Waals surface area contributed by atoms with Crippen molar-refractivity contribution in [3.05, 3.63) is 18.0 Å². The molecule has 1 saturated heterocycles. The second-order valence-corrected chi connectivity index (χ2v) is 5.32. The summed E-state index contributed by atoms with van der Waals surface area (Å²) in [4.78, 5) is 2.48. The fourth-order valence-electron chi connectivity index (χ4n) is 2.78. The number of aromatic nitrogens is 1. The van der Waals surface area contributed by atoms with Crippen LogP contribution in [0.4, 0.5) is 0 Å². The molecular formula is C12H19N3O. The molecule has 1 saturated carbocycles. The molecule has 0 amide bonds. The van der Waals surface area contributed by atoms with E-state index in [-0.39, 0.29) is 0 Å². The van der Waals surface area contributed by atoms with E-state index < -0.39 is 0 Å². The Morgan fingerprint density at radius 2 is 2.50 bits per heavy atom. The zero-order valence-electron chi connectivity index (χ0n) is 9.78. The Balaban J connectivity index is 1.63. The highest BCUT2D eigenvalue weighted by Gasteiger charge is 2.43. The van der Waals surface area contributed by atoms with Gasteiger partial charge in [0.2, 0.25) is 0 Å². The summed E-state index contributed by atoms with van der Waals surface area (Å²) in [5.74, 6) is 0.882. The van der Waals surface area contributed by atoms with E-state index in [1.54, 1.807) is 6.26 Å². The number of nitrogens with one attached hydrogen (secondary N) is 1. The van der Waals surface area contributed by atoms with Crippen molar-refractivity contribution in [1.29, 1.82) is 0 Å². The highest BCUT2D eigenvalue weighted by atomic mass is 16.5. The third-order valence-electron chi connectivity index (χ3n) is 3.86. The lowest BCUT2D eigenvalue weighted by molar-refractivity contribution is 0.119. The smallest absolute Gasteiger partial charge is 0.124 e. The lowest BCUT2D eigenvalue weighted by atomic mass is 9.93. The normalized spacial score (nSPS) is 31.8. The fourth-order valence-corrected chi connectivity index (χ4v) is 2.78. The molecule has 3 rings (SSSR count). The van der Waals surface area contributed by atoms with Crippen LogP contribution in [0.25, 0.3) is 0 Å². The summed E-state index contributed by atoms with van der Waals surface area (Å²) in [5.41, 5.74) is 1.36. The summed E-state index contributed by atoms with van der Waals surface area (Å²) in [6.07, 6.45) is 4.43. The summed E-state index contributed by atoms with van der Waals surface area (Å²) < 4.78 is 4.88. The van der Waals surface area contributed by atoms with Gasteiger partial charge in [-0.3, -0.25) is 4.90 Å². The van der Waals surface area contributed by atoms with E-state index in [2.05, 4.69) is 22.3 Å². The highest BCUT2D eigenvalue weighted by molar-refractivity contribution is 5.03. The van der Waals surface area contributed by atoms with Gasteiger partial charge in [0.15, 0.2) is 0 Å². The fraction of sp³-hybridized carbons (Fsp3) is 0.750. The van der Waals surface area contributed by atoms with Crippen LogP contribution in [0.3, 0.4) is 0 Å². The predicted molar refractivity (Wildman–Crippen MR) is 60.9 cm³/mol. The number of hydrogen-bond donors (Lipinski definition) is 1. The van der Waals surface area contributed by atoms with Crippen LogP contribution < -0.4 is 5.32 Å². The molecule has 1 unspecified atom stereocenters. The zero-order chi connectivity index (χ0) is 11.0. The Kier molecular flexibility index (Phi) is 2.48. The molecule has 1 N–H and O–H groups in total. The Bertz CT molecular complexity index is 347. The Hall–Kier alpha value is -0.870. The average Bonchev–Trinajstić information content (AvgIpc) is 3.01. The molecule has 1 aliphatic heterocycles. The van der Waals surface area contributed by atoms with Crippen LogP contribution in [0.15, 0.2) is 16.9 Å². The largest absolute Gasteiger partial charge is 0.364 e. The van der Waals surface area contributed by atoms with Crippen LogP contribution in [-0.2, 0) is 6.54 Å². The zero-order valence-corrected chi connectivity index (χ0v) is 9.78. The van der Waals surface area contributed by atoms with Gasteiger partial charge in [0, 0.05) is 37.8 Å². The van der Waals surface area contributed by atoms with E-state index in [9.17, 15) is 0 Å². The third-order valence-corrected chi connectivity index (χ3v) is 3.86. The second kappa shape index (κ2) is 3.86. The van der Waals surface area contributed by atoms with Crippen LogP contribution in [0, 0.1) is 5.92 Å². The van der Waals surface area contributed by atoms with Crippen molar-refractivity contribution >= 4 is 0 Å². The van der Waals surface area contributed by atoms with E-state index in [4.69, 9.17) is 4.52 Å². The lowest BCUT2D eigenvalue weighted by Gasteiger charge is -2.41. The van der Waals surface area contributed by atoms with Gasteiger partial charge >= 0.3 is 0 Å². The van der Waals surface area contributed by atoms with Gasteiger partial charge in [-0.2, -0.15) is 0 Å². The lowest BCUT2D eigenvalue weighted by Crippen LogP contribution is -2.59. The summed E-state index contributed by atoms with van der Waals surface area (Å²) in [7, 11) is 0. The van der Waals surface area contributed by atoms with E-state index >= 15 is 0 Å². The standard InChI is InChI=1S/C12H19N3O/c1-12(10-2-3-10)9-15(6-5-13-12)8-11-4-7-16-14-11/h4,7,10,13H,2-3,5-6,8-9H2,1H3. The minimum atomic E-state index is 0.321. The Morgan fingerprint density at radius 1 is 1.62 bits per heavy atom. The van der Waals surface area contributed by atoms with Crippen LogP contribution >= 0.6 is 0 Å². The van der Waals surface area contributed by atoms with Gasteiger partial charge in [-0.25, -0.2) is 0 Å². The SMILES string of the molecule is CC1(C2CC2)CN(Cc2ccon2)CCN1. The maximum absolute atomic E-state index is 4.88. The van der Waals surface area contributed by atoms with Crippen molar-refractivity contribution in [2.24, 2.45) is 5.92 Å². The number of rotatable bonds is 3. The number of nitrogens with zero attached hydrogens (tertiary/aromatic N) is 2. The molecule has 4 heteroatoms. The molecule has 2 fully saturated rings. The van der Waals surface area contributed by atoms with Crippen molar-refractivity contribution in [2.45, 2.75) is 31.8 Å². The summed E-state index contributed by atoms with van der Waals surface area (Å²) in [6.45, 7) is 6.60. The average molecular weight is 221 g/mol. The topological polar surface area (TPSA) is 41.3 Å². The Labute approximate surface area is 96.0 Å². The van der Waals surface area contributed by atoms with Crippen LogP contribution in [0.2, 0.25) is 0 Å². The maximum Gasteiger partial charge on any atom is 0.124 e. The van der Waals surface area contributed by atoms with E-state index in [1.165, 1.54) is 12.8 Å². The van der Waals surface area contributed by atoms with Gasteiger partial charge in [0.25, 0.3) is 0 Å². The van der Waals surface area contributed by atoms with Crippen molar-refractivity contribution < 1.29 is 4.52 Å². The molecule has 0 spiro atoms. The van der Waals surface area contributed by atoms with Gasteiger partial charge in [0.1, 0.15) is 6.26 Å². The molecular weight excluding hydrogens is 202 g/mol. The minimum absolute atomic E-state index is 0.321. The molecule has 0 radical (unpaired) electrons. The first-order valence-electron chi connectivity index (χ1n) is 6.13. The van der Waals surface area contributed by atoms with Gasteiger partial charge in [0.05, 0.1) is 5.69 Å². The van der Waals surface area contributed by atoms with Gasteiger partial charge < -0.3 is 9.84 Å². The molecule has 2 aliphatic rings. The van der Waals surface area contributed by atoms with Gasteiger partial charge in [-0.15, -0.1) is 0 Å². The van der Waals surface area contributed by atoms with E-state index in [0.717, 1.165) is 37.8 Å². The second-order valence-electron chi connectivity index (χ2n) is 5.32. The first-order chi connectivity index (χ1) is 7.76. The van der Waals surface area contributed by atoms with Crippen molar-refractivity contribution in [3.8, 4) is 0 Å². The molecule has 0 aromatic carbocycles. The molecule has 16 heavy (non-hydrogen) atoms. The first kappa shape index (κ1) is 10.3.